The van der Waals surface area contributed by atoms with Gasteiger partial charge in [0.1, 0.15) is 0 Å². The molecule has 0 heteroatoms. The van der Waals surface area contributed by atoms with Crippen LogP contribution in [0.5, 0.6) is 0 Å². The largest absolute Gasteiger partial charge is 0.0795 e. The van der Waals surface area contributed by atoms with Crippen LogP contribution in [0, 0.1) is 0 Å². The van der Waals surface area contributed by atoms with Crippen molar-refractivity contribution in [2.24, 2.45) is 0 Å². The summed E-state index contributed by atoms with van der Waals surface area (Å²) in [5.41, 5.74) is 8.24. The van der Waals surface area contributed by atoms with Crippen molar-refractivity contribution in [1.82, 2.24) is 0 Å². The van der Waals surface area contributed by atoms with Crippen LogP contribution in [-0.4, -0.2) is 0 Å². The van der Waals surface area contributed by atoms with Gasteiger partial charge in [-0.3, -0.25) is 0 Å². The van der Waals surface area contributed by atoms with E-state index < -0.39 is 0 Å². The third-order valence-electron chi connectivity index (χ3n) is 5.26. The summed E-state index contributed by atoms with van der Waals surface area (Å²) in [6, 6.07) is 37.8. The van der Waals surface area contributed by atoms with E-state index in [1.165, 1.54) is 33.4 Å². The summed E-state index contributed by atoms with van der Waals surface area (Å²) in [5.74, 6) is 0. The molecular formula is C30H26. The number of fused-ring (bicyclic) bond motifs is 2. The van der Waals surface area contributed by atoms with Crippen molar-refractivity contribution < 1.29 is 0 Å². The average molecular weight is 387 g/mol. The molecule has 0 aromatic heterocycles. The maximum Gasteiger partial charge on any atom is -0.00882 e. The van der Waals surface area contributed by atoms with Gasteiger partial charge in [-0.25, -0.2) is 0 Å². The Bertz CT molecular complexity index is 1030. The van der Waals surface area contributed by atoms with Crippen LogP contribution in [0.25, 0.3) is 23.3 Å². The fourth-order valence-corrected chi connectivity index (χ4v) is 3.65. The molecule has 0 aliphatic heterocycles. The predicted molar refractivity (Wildman–Crippen MR) is 130 cm³/mol. The summed E-state index contributed by atoms with van der Waals surface area (Å²) >= 11 is 0. The lowest BCUT2D eigenvalue weighted by atomic mass is 10.1. The first kappa shape index (κ1) is 19.7. The summed E-state index contributed by atoms with van der Waals surface area (Å²) < 4.78 is 0. The number of hydrogen-bond acceptors (Lipinski definition) is 0. The summed E-state index contributed by atoms with van der Waals surface area (Å²) in [7, 11) is 0. The van der Waals surface area contributed by atoms with Crippen molar-refractivity contribution >= 4 is 12.2 Å². The Hall–Kier alpha value is -3.64. The van der Waals surface area contributed by atoms with Gasteiger partial charge in [0, 0.05) is 0 Å². The predicted octanol–water partition coefficient (Wildman–Crippen LogP) is 7.87. The molecule has 0 nitrogen and oxygen atoms in total. The van der Waals surface area contributed by atoms with E-state index in [0.29, 0.717) is 0 Å². The maximum atomic E-state index is 2.20. The van der Waals surface area contributed by atoms with Crippen LogP contribution >= 0.6 is 0 Å². The Labute approximate surface area is 179 Å². The summed E-state index contributed by atoms with van der Waals surface area (Å²) in [6.45, 7) is 0. The average Bonchev–Trinajstić information content (AvgIpc) is 3.51. The molecule has 0 heterocycles. The highest BCUT2D eigenvalue weighted by Crippen LogP contribution is 2.19. The maximum absolute atomic E-state index is 2.20. The Balaban J connectivity index is 0.000000111. The second-order valence-electron chi connectivity index (χ2n) is 7.34. The Morgan fingerprint density at radius 3 is 1.13 bits per heavy atom. The third kappa shape index (κ3) is 5.24. The van der Waals surface area contributed by atoms with Gasteiger partial charge < -0.3 is 0 Å². The van der Waals surface area contributed by atoms with Crippen molar-refractivity contribution in [2.75, 3.05) is 0 Å². The quantitative estimate of drug-likeness (QED) is 0.312. The Kier molecular flexibility index (Phi) is 6.70. The molecular weight excluding hydrogens is 360 g/mol. The fraction of sp³-hybridized carbons (Fsp3) is 0.0667. The number of benzene rings is 4. The molecule has 0 bridgehead atoms. The van der Waals surface area contributed by atoms with Crippen LogP contribution in [0.2, 0.25) is 0 Å². The van der Waals surface area contributed by atoms with Gasteiger partial charge in [0.15, 0.2) is 0 Å². The van der Waals surface area contributed by atoms with Gasteiger partial charge in [0.2, 0.25) is 0 Å². The first-order valence-corrected chi connectivity index (χ1v) is 10.5. The standard InChI is InChI=1S/C12H10.2C9H8/c1-3-7-11(8-4-1)12-9-5-2-6-10-12;2*1-2-5-9-7-3-6-8(9)4-1/h1-10H;2*1-6H,7H2. The molecule has 4 aromatic rings. The van der Waals surface area contributed by atoms with E-state index in [1.54, 1.807) is 0 Å². The molecule has 0 amide bonds. The molecule has 146 valence electrons. The SMILES string of the molecule is C1=Cc2ccccc2C1.C1=Cc2ccccc2C1.c1ccc(-c2ccccc2)cc1. The van der Waals surface area contributed by atoms with E-state index in [-0.39, 0.29) is 0 Å². The van der Waals surface area contributed by atoms with Crippen molar-refractivity contribution in [2.45, 2.75) is 12.8 Å². The van der Waals surface area contributed by atoms with Gasteiger partial charge in [-0.1, -0.05) is 133 Å². The van der Waals surface area contributed by atoms with Crippen LogP contribution in [-0.2, 0) is 12.8 Å². The summed E-state index contributed by atoms with van der Waals surface area (Å²) in [4.78, 5) is 0. The second kappa shape index (κ2) is 10.2. The van der Waals surface area contributed by atoms with E-state index in [4.69, 9.17) is 0 Å². The molecule has 0 radical (unpaired) electrons. The topological polar surface area (TPSA) is 0 Å². The van der Waals surface area contributed by atoms with Gasteiger partial charge in [-0.2, -0.15) is 0 Å². The highest BCUT2D eigenvalue weighted by molar-refractivity contribution is 5.63. The smallest absolute Gasteiger partial charge is 0.00882 e. The first-order chi connectivity index (χ1) is 14.9. The van der Waals surface area contributed by atoms with Gasteiger partial charge >= 0.3 is 0 Å². The van der Waals surface area contributed by atoms with Crippen molar-refractivity contribution in [3.05, 3.63) is 144 Å². The molecule has 2 aliphatic rings. The van der Waals surface area contributed by atoms with Gasteiger partial charge in [0.25, 0.3) is 0 Å². The minimum absolute atomic E-state index is 1.12. The third-order valence-corrected chi connectivity index (χ3v) is 5.26. The molecule has 30 heavy (non-hydrogen) atoms. The van der Waals surface area contributed by atoms with Crippen molar-refractivity contribution in [3.63, 3.8) is 0 Å². The molecule has 0 fully saturated rings. The van der Waals surface area contributed by atoms with Crippen LogP contribution in [0.3, 0.4) is 0 Å². The molecule has 0 saturated heterocycles. The van der Waals surface area contributed by atoms with Crippen LogP contribution in [0.4, 0.5) is 0 Å². The van der Waals surface area contributed by atoms with E-state index in [2.05, 4.69) is 121 Å². The van der Waals surface area contributed by atoms with Gasteiger partial charge in [-0.15, -0.1) is 0 Å². The van der Waals surface area contributed by atoms with E-state index in [9.17, 15) is 0 Å². The minimum atomic E-state index is 1.12. The number of allylic oxidation sites excluding steroid dienone is 2. The first-order valence-electron chi connectivity index (χ1n) is 10.5. The zero-order valence-corrected chi connectivity index (χ0v) is 17.1. The zero-order chi connectivity index (χ0) is 20.4. The second-order valence-corrected chi connectivity index (χ2v) is 7.34. The normalized spacial score (nSPS) is 12.1. The monoisotopic (exact) mass is 386 g/mol. The molecule has 0 saturated carbocycles. The Morgan fingerprint density at radius 1 is 0.367 bits per heavy atom. The van der Waals surface area contributed by atoms with Crippen LogP contribution in [0.1, 0.15) is 22.3 Å². The van der Waals surface area contributed by atoms with Crippen LogP contribution < -0.4 is 0 Å². The highest BCUT2D eigenvalue weighted by Gasteiger charge is 2.01. The Morgan fingerprint density at radius 2 is 0.733 bits per heavy atom. The van der Waals surface area contributed by atoms with Crippen molar-refractivity contribution in [1.29, 1.82) is 0 Å². The molecule has 0 spiro atoms. The molecule has 0 atom stereocenters. The van der Waals surface area contributed by atoms with E-state index in [0.717, 1.165) is 12.8 Å². The molecule has 0 unspecified atom stereocenters. The lowest BCUT2D eigenvalue weighted by Crippen LogP contribution is -1.76. The molecule has 6 rings (SSSR count). The number of hydrogen-bond donors (Lipinski definition) is 0. The summed E-state index contributed by atoms with van der Waals surface area (Å²) in [5, 5.41) is 0. The number of rotatable bonds is 1. The van der Waals surface area contributed by atoms with E-state index >= 15 is 0 Å². The lowest BCUT2D eigenvalue weighted by molar-refractivity contribution is 1.31. The highest BCUT2D eigenvalue weighted by atomic mass is 14.1. The molecule has 4 aromatic carbocycles. The van der Waals surface area contributed by atoms with Gasteiger partial charge in [-0.05, 0) is 46.2 Å². The summed E-state index contributed by atoms with van der Waals surface area (Å²) in [6.07, 6.45) is 11.0. The van der Waals surface area contributed by atoms with Gasteiger partial charge in [0.05, 0.1) is 0 Å². The van der Waals surface area contributed by atoms with Crippen molar-refractivity contribution in [3.8, 4) is 11.1 Å². The zero-order valence-electron chi connectivity index (χ0n) is 17.1. The molecule has 0 N–H and O–H groups in total. The fourth-order valence-electron chi connectivity index (χ4n) is 3.65. The van der Waals surface area contributed by atoms with E-state index in [1.807, 2.05) is 12.1 Å². The lowest BCUT2D eigenvalue weighted by Gasteiger charge is -1.98. The van der Waals surface area contributed by atoms with Crippen LogP contribution in [0.15, 0.2) is 121 Å². The molecule has 2 aliphatic carbocycles. The minimum Gasteiger partial charge on any atom is -0.0795 e.